The van der Waals surface area contributed by atoms with Crippen LogP contribution >= 0.6 is 11.6 Å². The summed E-state index contributed by atoms with van der Waals surface area (Å²) in [6.07, 6.45) is 0. The molecule has 1 aromatic rings. The van der Waals surface area contributed by atoms with E-state index in [2.05, 4.69) is 0 Å². The summed E-state index contributed by atoms with van der Waals surface area (Å²) in [6, 6.07) is 2.96. The van der Waals surface area contributed by atoms with Gasteiger partial charge in [0.1, 0.15) is 5.82 Å². The van der Waals surface area contributed by atoms with Crippen LogP contribution in [0.3, 0.4) is 0 Å². The Labute approximate surface area is 70.0 Å². The molecular weight excluding hydrogens is 165 g/mol. The summed E-state index contributed by atoms with van der Waals surface area (Å²) in [7, 11) is 0. The van der Waals surface area contributed by atoms with E-state index < -0.39 is 0 Å². The van der Waals surface area contributed by atoms with E-state index in [-0.39, 0.29) is 12.4 Å². The highest BCUT2D eigenvalue weighted by molar-refractivity contribution is 6.31. The van der Waals surface area contributed by atoms with Crippen LogP contribution in [0.5, 0.6) is 0 Å². The number of rotatable bonds is 1. The second kappa shape index (κ2) is 3.20. The fraction of sp³-hybridized carbons (Fsp3) is 0.250. The van der Waals surface area contributed by atoms with Gasteiger partial charge in [-0.3, -0.25) is 0 Å². The molecule has 0 aromatic heterocycles. The highest BCUT2D eigenvalue weighted by Gasteiger charge is 2.02. The van der Waals surface area contributed by atoms with Crippen molar-refractivity contribution >= 4 is 11.6 Å². The van der Waals surface area contributed by atoms with Crippen LogP contribution < -0.4 is 5.73 Å². The van der Waals surface area contributed by atoms with E-state index >= 15 is 0 Å². The second-order valence-electron chi connectivity index (χ2n) is 2.40. The standard InChI is InChI=1S/C8H9ClFN/c1-5-2-7(9)6(4-11)3-8(5)10/h2-3H,4,11H2,1H3. The summed E-state index contributed by atoms with van der Waals surface area (Å²) in [5.74, 6) is -0.255. The number of hydrogen-bond donors (Lipinski definition) is 1. The van der Waals surface area contributed by atoms with Gasteiger partial charge in [0.25, 0.3) is 0 Å². The Bertz CT molecular complexity index is 273. The van der Waals surface area contributed by atoms with Crippen molar-refractivity contribution in [1.82, 2.24) is 0 Å². The summed E-state index contributed by atoms with van der Waals surface area (Å²) in [4.78, 5) is 0. The van der Waals surface area contributed by atoms with Crippen LogP contribution in [0.15, 0.2) is 12.1 Å². The van der Waals surface area contributed by atoms with Crippen LogP contribution in [0.4, 0.5) is 4.39 Å². The Morgan fingerprint density at radius 1 is 1.55 bits per heavy atom. The first kappa shape index (κ1) is 8.50. The molecule has 0 unspecified atom stereocenters. The number of halogens is 2. The summed E-state index contributed by atoms with van der Waals surface area (Å²) < 4.78 is 12.8. The summed E-state index contributed by atoms with van der Waals surface area (Å²) in [6.45, 7) is 1.94. The molecule has 0 bridgehead atoms. The second-order valence-corrected chi connectivity index (χ2v) is 2.80. The van der Waals surface area contributed by atoms with Crippen molar-refractivity contribution < 1.29 is 4.39 Å². The zero-order chi connectivity index (χ0) is 8.43. The lowest BCUT2D eigenvalue weighted by Crippen LogP contribution is -1.98. The SMILES string of the molecule is Cc1cc(Cl)c(CN)cc1F. The zero-order valence-electron chi connectivity index (χ0n) is 6.20. The fourth-order valence-electron chi connectivity index (χ4n) is 0.844. The molecular formula is C8H9ClFN. The van der Waals surface area contributed by atoms with Gasteiger partial charge in [0.05, 0.1) is 0 Å². The van der Waals surface area contributed by atoms with Crippen LogP contribution in [0.2, 0.25) is 5.02 Å². The van der Waals surface area contributed by atoms with E-state index in [1.165, 1.54) is 6.07 Å². The summed E-state index contributed by atoms with van der Waals surface area (Å²) in [5, 5.41) is 0.534. The Morgan fingerprint density at radius 2 is 2.18 bits per heavy atom. The van der Waals surface area contributed by atoms with E-state index in [0.717, 1.165) is 0 Å². The normalized spacial score (nSPS) is 10.2. The van der Waals surface area contributed by atoms with E-state index in [9.17, 15) is 4.39 Å². The average molecular weight is 174 g/mol. The Balaban J connectivity index is 3.21. The molecule has 0 radical (unpaired) electrons. The number of hydrogen-bond acceptors (Lipinski definition) is 1. The maximum Gasteiger partial charge on any atom is 0.126 e. The average Bonchev–Trinajstić information content (AvgIpc) is 1.97. The highest BCUT2D eigenvalue weighted by atomic mass is 35.5. The molecule has 3 heteroatoms. The van der Waals surface area contributed by atoms with Crippen LogP contribution in [-0.2, 0) is 6.54 Å². The summed E-state index contributed by atoms with van der Waals surface area (Å²) in [5.41, 5.74) is 6.51. The molecule has 0 fully saturated rings. The van der Waals surface area contributed by atoms with Gasteiger partial charge < -0.3 is 5.73 Å². The topological polar surface area (TPSA) is 26.0 Å². The molecule has 0 atom stereocenters. The van der Waals surface area contributed by atoms with Crippen molar-refractivity contribution in [3.8, 4) is 0 Å². The number of aryl methyl sites for hydroxylation is 1. The third-order valence-corrected chi connectivity index (χ3v) is 1.90. The molecule has 1 nitrogen and oxygen atoms in total. The van der Waals surface area contributed by atoms with Gasteiger partial charge in [-0.25, -0.2) is 4.39 Å². The minimum atomic E-state index is -0.255. The van der Waals surface area contributed by atoms with Crippen molar-refractivity contribution in [3.63, 3.8) is 0 Å². The Hall–Kier alpha value is -0.600. The predicted molar refractivity (Wildman–Crippen MR) is 44.0 cm³/mol. The van der Waals surface area contributed by atoms with Gasteiger partial charge in [-0.1, -0.05) is 11.6 Å². The lowest BCUT2D eigenvalue weighted by molar-refractivity contribution is 0.616. The number of nitrogens with two attached hydrogens (primary N) is 1. The van der Waals surface area contributed by atoms with Gasteiger partial charge in [-0.2, -0.15) is 0 Å². The Morgan fingerprint density at radius 3 is 2.73 bits per heavy atom. The Kier molecular flexibility index (Phi) is 2.47. The molecule has 0 aliphatic rings. The molecule has 0 saturated heterocycles. The van der Waals surface area contributed by atoms with E-state index in [1.807, 2.05) is 0 Å². The van der Waals surface area contributed by atoms with Crippen molar-refractivity contribution in [2.75, 3.05) is 0 Å². The molecule has 0 saturated carbocycles. The molecule has 0 amide bonds. The minimum absolute atomic E-state index is 0.255. The first-order chi connectivity index (χ1) is 5.15. The van der Waals surface area contributed by atoms with Gasteiger partial charge in [-0.15, -0.1) is 0 Å². The van der Waals surface area contributed by atoms with E-state index in [0.29, 0.717) is 16.1 Å². The van der Waals surface area contributed by atoms with E-state index in [1.54, 1.807) is 13.0 Å². The largest absolute Gasteiger partial charge is 0.326 e. The zero-order valence-corrected chi connectivity index (χ0v) is 6.95. The van der Waals surface area contributed by atoms with Crippen LogP contribution in [0.1, 0.15) is 11.1 Å². The molecule has 0 spiro atoms. The lowest BCUT2D eigenvalue weighted by atomic mass is 10.1. The van der Waals surface area contributed by atoms with Crippen molar-refractivity contribution in [2.24, 2.45) is 5.73 Å². The third-order valence-electron chi connectivity index (χ3n) is 1.55. The molecule has 0 aliphatic carbocycles. The minimum Gasteiger partial charge on any atom is -0.326 e. The molecule has 1 aromatic carbocycles. The lowest BCUT2D eigenvalue weighted by Gasteiger charge is -2.02. The van der Waals surface area contributed by atoms with Crippen LogP contribution in [0.25, 0.3) is 0 Å². The maximum absolute atomic E-state index is 12.8. The first-order valence-electron chi connectivity index (χ1n) is 3.29. The maximum atomic E-state index is 12.8. The van der Waals surface area contributed by atoms with Crippen molar-refractivity contribution in [3.05, 3.63) is 34.1 Å². The van der Waals surface area contributed by atoms with Crippen molar-refractivity contribution in [1.29, 1.82) is 0 Å². The summed E-state index contributed by atoms with van der Waals surface area (Å²) >= 11 is 5.75. The van der Waals surface area contributed by atoms with Gasteiger partial charge in [0.2, 0.25) is 0 Å². The number of benzene rings is 1. The molecule has 1 rings (SSSR count). The predicted octanol–water partition coefficient (Wildman–Crippen LogP) is 2.25. The fourth-order valence-corrected chi connectivity index (χ4v) is 1.14. The van der Waals surface area contributed by atoms with Crippen LogP contribution in [-0.4, -0.2) is 0 Å². The van der Waals surface area contributed by atoms with Crippen molar-refractivity contribution in [2.45, 2.75) is 13.5 Å². The highest BCUT2D eigenvalue weighted by Crippen LogP contribution is 2.19. The molecule has 2 N–H and O–H groups in total. The molecule has 11 heavy (non-hydrogen) atoms. The third kappa shape index (κ3) is 1.70. The van der Waals surface area contributed by atoms with Gasteiger partial charge in [-0.05, 0) is 30.2 Å². The smallest absolute Gasteiger partial charge is 0.126 e. The van der Waals surface area contributed by atoms with E-state index in [4.69, 9.17) is 17.3 Å². The van der Waals surface area contributed by atoms with Gasteiger partial charge in [0, 0.05) is 11.6 Å². The van der Waals surface area contributed by atoms with Gasteiger partial charge in [0.15, 0.2) is 0 Å². The quantitative estimate of drug-likeness (QED) is 0.693. The van der Waals surface area contributed by atoms with Gasteiger partial charge >= 0.3 is 0 Å². The first-order valence-corrected chi connectivity index (χ1v) is 3.67. The monoisotopic (exact) mass is 173 g/mol. The van der Waals surface area contributed by atoms with Crippen LogP contribution in [0, 0.1) is 12.7 Å². The molecule has 0 heterocycles. The molecule has 0 aliphatic heterocycles. The molecule has 60 valence electrons.